The maximum atomic E-state index is 12.1. The van der Waals surface area contributed by atoms with Crippen LogP contribution >= 0.6 is 0 Å². The molecule has 0 bridgehead atoms. The van der Waals surface area contributed by atoms with Gasteiger partial charge in [0.1, 0.15) is 12.3 Å². The molecule has 0 aliphatic carbocycles. The van der Waals surface area contributed by atoms with E-state index in [-0.39, 0.29) is 12.6 Å². The lowest BCUT2D eigenvalue weighted by Gasteiger charge is -2.19. The summed E-state index contributed by atoms with van der Waals surface area (Å²) in [5.74, 6) is -0.473. The minimum absolute atomic E-state index is 0.195. The zero-order valence-corrected chi connectivity index (χ0v) is 13.6. The summed E-state index contributed by atoms with van der Waals surface area (Å²) in [6.07, 6.45) is 3.22. The first kappa shape index (κ1) is 17.3. The number of anilines is 1. The summed E-state index contributed by atoms with van der Waals surface area (Å²) in [4.78, 5) is 28.5. The van der Waals surface area contributed by atoms with Crippen LogP contribution in [0.25, 0.3) is 0 Å². The van der Waals surface area contributed by atoms with E-state index in [4.69, 9.17) is 4.74 Å². The van der Waals surface area contributed by atoms with Crippen molar-refractivity contribution in [2.75, 3.05) is 18.0 Å². The van der Waals surface area contributed by atoms with Crippen LogP contribution in [-0.2, 0) is 11.3 Å². The van der Waals surface area contributed by atoms with Gasteiger partial charge in [-0.25, -0.2) is 9.59 Å². The first-order chi connectivity index (χ1) is 11.7. The Bertz CT molecular complexity index is 695. The summed E-state index contributed by atoms with van der Waals surface area (Å²) < 4.78 is 5.27. The Balaban J connectivity index is 2.03. The van der Waals surface area contributed by atoms with Crippen LogP contribution in [-0.4, -0.2) is 30.1 Å². The zero-order valence-electron chi connectivity index (χ0n) is 13.6. The molecule has 0 saturated carbocycles. The normalized spacial score (nSPS) is 10.0. The maximum absolute atomic E-state index is 12.1. The van der Waals surface area contributed by atoms with E-state index in [1.54, 1.807) is 18.3 Å². The lowest BCUT2D eigenvalue weighted by molar-refractivity contribution is 0.0466. The Labute approximate surface area is 141 Å². The fraction of sp³-hybridized carbons (Fsp3) is 0.222. The van der Waals surface area contributed by atoms with Gasteiger partial charge in [0.2, 0.25) is 0 Å². The molecule has 1 aromatic carbocycles. The number of hydrogen-bond donors (Lipinski definition) is 2. The summed E-state index contributed by atoms with van der Waals surface area (Å²) in [5.41, 5.74) is 1.78. The van der Waals surface area contributed by atoms with E-state index in [9.17, 15) is 9.59 Å². The number of nitrogens with one attached hydrogen (secondary N) is 2. The molecule has 0 spiro atoms. The van der Waals surface area contributed by atoms with E-state index < -0.39 is 5.97 Å². The molecule has 2 aromatic rings. The molecule has 0 aliphatic rings. The van der Waals surface area contributed by atoms with Crippen molar-refractivity contribution in [3.8, 4) is 0 Å². The molecule has 24 heavy (non-hydrogen) atoms. The van der Waals surface area contributed by atoms with Crippen molar-refractivity contribution in [1.82, 2.24) is 10.3 Å². The number of H-pyrrole nitrogens is 1. The number of carbonyl (C=O) groups excluding carboxylic acids is 2. The number of ether oxygens (including phenoxy) is 1. The summed E-state index contributed by atoms with van der Waals surface area (Å²) in [5, 5.41) is 2.72. The predicted octanol–water partition coefficient (Wildman–Crippen LogP) is 3.09. The molecule has 0 saturated heterocycles. The third-order valence-electron chi connectivity index (χ3n) is 3.30. The van der Waals surface area contributed by atoms with Gasteiger partial charge < -0.3 is 15.0 Å². The lowest BCUT2D eigenvalue weighted by atomic mass is 10.2. The third-order valence-corrected chi connectivity index (χ3v) is 3.30. The van der Waals surface area contributed by atoms with Crippen LogP contribution in [0.15, 0.2) is 55.3 Å². The highest BCUT2D eigenvalue weighted by Gasteiger charge is 2.18. The Morgan fingerprint density at radius 1 is 1.33 bits per heavy atom. The zero-order chi connectivity index (χ0) is 17.4. The van der Waals surface area contributed by atoms with Crippen molar-refractivity contribution in [1.29, 1.82) is 0 Å². The van der Waals surface area contributed by atoms with E-state index in [1.165, 1.54) is 4.90 Å². The number of benzene rings is 1. The Hall–Kier alpha value is -3.02. The average molecular weight is 327 g/mol. The van der Waals surface area contributed by atoms with Crippen LogP contribution in [0, 0.1) is 0 Å². The molecular weight excluding hydrogens is 306 g/mol. The molecule has 1 heterocycles. The smallest absolute Gasteiger partial charge is 0.355 e. The highest BCUT2D eigenvalue weighted by molar-refractivity contribution is 5.95. The van der Waals surface area contributed by atoms with Gasteiger partial charge in [-0.15, -0.1) is 6.58 Å². The summed E-state index contributed by atoms with van der Waals surface area (Å²) in [6, 6.07) is 10.8. The highest BCUT2D eigenvalue weighted by Crippen LogP contribution is 2.17. The van der Waals surface area contributed by atoms with E-state index in [2.05, 4.69) is 16.9 Å². The second-order valence-electron chi connectivity index (χ2n) is 5.07. The van der Waals surface area contributed by atoms with Crippen LogP contribution in [0.1, 0.15) is 23.0 Å². The maximum Gasteiger partial charge on any atom is 0.355 e. The second kappa shape index (κ2) is 8.57. The topological polar surface area (TPSA) is 74.4 Å². The summed E-state index contributed by atoms with van der Waals surface area (Å²) in [7, 11) is 0. The molecule has 0 atom stereocenters. The molecule has 0 fully saturated rings. The van der Waals surface area contributed by atoms with Gasteiger partial charge in [0.05, 0.1) is 5.69 Å². The third kappa shape index (κ3) is 4.49. The molecular formula is C18H21N3O3. The van der Waals surface area contributed by atoms with Gasteiger partial charge in [-0.3, -0.25) is 4.90 Å². The molecule has 2 rings (SSSR count). The van der Waals surface area contributed by atoms with Crippen LogP contribution in [0.3, 0.4) is 0 Å². The standard InChI is InChI=1S/C18H21N3O3/c1-3-10-21(18(23)19-4-2)15-11-16(20-12-15)17(22)24-13-14-8-6-5-7-9-14/h3,5-9,11-12,20H,1,4,10,13H2,2H3,(H,19,23). The van der Waals surface area contributed by atoms with Crippen molar-refractivity contribution in [3.05, 3.63) is 66.5 Å². The minimum atomic E-state index is -0.473. The Morgan fingerprint density at radius 2 is 2.08 bits per heavy atom. The number of carbonyl (C=O) groups is 2. The fourth-order valence-electron chi connectivity index (χ4n) is 2.14. The lowest BCUT2D eigenvalue weighted by Crippen LogP contribution is -2.39. The van der Waals surface area contributed by atoms with Crippen LogP contribution in [0.4, 0.5) is 10.5 Å². The van der Waals surface area contributed by atoms with Crippen LogP contribution in [0.5, 0.6) is 0 Å². The van der Waals surface area contributed by atoms with E-state index in [0.29, 0.717) is 24.5 Å². The number of aromatic nitrogens is 1. The first-order valence-corrected chi connectivity index (χ1v) is 7.71. The number of rotatable bonds is 7. The predicted molar refractivity (Wildman–Crippen MR) is 93.0 cm³/mol. The molecule has 0 radical (unpaired) electrons. The van der Waals surface area contributed by atoms with Gasteiger partial charge >= 0.3 is 12.0 Å². The molecule has 6 heteroatoms. The molecule has 0 aliphatic heterocycles. The van der Waals surface area contributed by atoms with Gasteiger partial charge in [-0.05, 0) is 18.6 Å². The number of nitrogens with zero attached hydrogens (tertiary/aromatic N) is 1. The van der Waals surface area contributed by atoms with Crippen molar-refractivity contribution >= 4 is 17.7 Å². The molecule has 2 N–H and O–H groups in total. The second-order valence-corrected chi connectivity index (χ2v) is 5.07. The molecule has 126 valence electrons. The molecule has 1 aromatic heterocycles. The summed E-state index contributed by atoms with van der Waals surface area (Å²) in [6.45, 7) is 6.54. The summed E-state index contributed by atoms with van der Waals surface area (Å²) >= 11 is 0. The van der Waals surface area contributed by atoms with Crippen molar-refractivity contribution in [3.63, 3.8) is 0 Å². The molecule has 6 nitrogen and oxygen atoms in total. The minimum Gasteiger partial charge on any atom is -0.456 e. The van der Waals surface area contributed by atoms with Crippen molar-refractivity contribution < 1.29 is 14.3 Å². The fourth-order valence-corrected chi connectivity index (χ4v) is 2.14. The van der Waals surface area contributed by atoms with Gasteiger partial charge in [-0.2, -0.15) is 0 Å². The van der Waals surface area contributed by atoms with Gasteiger partial charge in [-0.1, -0.05) is 36.4 Å². The average Bonchev–Trinajstić information content (AvgIpc) is 3.08. The van der Waals surface area contributed by atoms with E-state index in [1.807, 2.05) is 37.3 Å². The molecule has 2 amide bonds. The Morgan fingerprint density at radius 3 is 2.75 bits per heavy atom. The van der Waals surface area contributed by atoms with Crippen molar-refractivity contribution in [2.45, 2.75) is 13.5 Å². The van der Waals surface area contributed by atoms with E-state index in [0.717, 1.165) is 5.56 Å². The van der Waals surface area contributed by atoms with Gasteiger partial charge in [0.15, 0.2) is 0 Å². The monoisotopic (exact) mass is 327 g/mol. The number of esters is 1. The van der Waals surface area contributed by atoms with Crippen molar-refractivity contribution in [2.24, 2.45) is 0 Å². The Kier molecular flexibility index (Phi) is 6.19. The molecule has 0 unspecified atom stereocenters. The first-order valence-electron chi connectivity index (χ1n) is 7.71. The SMILES string of the molecule is C=CCN(C(=O)NCC)c1c[nH]c(C(=O)OCc2ccccc2)c1. The largest absolute Gasteiger partial charge is 0.456 e. The highest BCUT2D eigenvalue weighted by atomic mass is 16.5. The van der Waals surface area contributed by atoms with Crippen LogP contribution in [0.2, 0.25) is 0 Å². The van der Waals surface area contributed by atoms with Gasteiger partial charge in [0.25, 0.3) is 0 Å². The number of amides is 2. The van der Waals surface area contributed by atoms with Gasteiger partial charge in [0, 0.05) is 19.3 Å². The van der Waals surface area contributed by atoms with Crippen LogP contribution < -0.4 is 10.2 Å². The quantitative estimate of drug-likeness (QED) is 0.606. The number of urea groups is 1. The number of hydrogen-bond acceptors (Lipinski definition) is 3. The number of aromatic amines is 1. The van der Waals surface area contributed by atoms with E-state index >= 15 is 0 Å².